The fraction of sp³-hybridized carbons (Fsp3) is 0.385. The molecule has 2 aromatic rings. The number of aldehydes is 1. The topological polar surface area (TPSA) is 174 Å². The molecule has 200 valence electrons. The third-order valence-electron chi connectivity index (χ3n) is 5.92. The number of hydrogen-bond donors (Lipinski definition) is 6. The molecule has 11 nitrogen and oxygen atoms in total. The van der Waals surface area contributed by atoms with E-state index in [1.807, 2.05) is 30.3 Å². The molecule has 3 amide bonds. The predicted octanol–water partition coefficient (Wildman–Crippen LogP) is -0.939. The van der Waals surface area contributed by atoms with Gasteiger partial charge in [-0.3, -0.25) is 24.5 Å². The van der Waals surface area contributed by atoms with Crippen molar-refractivity contribution in [3.8, 4) is 5.75 Å². The van der Waals surface area contributed by atoms with Gasteiger partial charge in [0.25, 0.3) is 0 Å². The second-order valence-electron chi connectivity index (χ2n) is 8.73. The van der Waals surface area contributed by atoms with Crippen LogP contribution < -0.4 is 21.7 Å². The van der Waals surface area contributed by atoms with Crippen molar-refractivity contribution >= 4 is 24.0 Å². The molecule has 37 heavy (non-hydrogen) atoms. The highest BCUT2D eigenvalue weighted by atomic mass is 16.3. The van der Waals surface area contributed by atoms with Crippen molar-refractivity contribution in [3.05, 3.63) is 65.7 Å². The molecule has 0 aliphatic carbocycles. The van der Waals surface area contributed by atoms with Gasteiger partial charge in [0, 0.05) is 20.0 Å². The van der Waals surface area contributed by atoms with Crippen LogP contribution in [0, 0.1) is 0 Å². The Hall–Kier alpha value is -3.80. The number of nitrogens with one attached hydrogen (secondary N) is 3. The van der Waals surface area contributed by atoms with Gasteiger partial charge in [-0.15, -0.1) is 0 Å². The summed E-state index contributed by atoms with van der Waals surface area (Å²) in [5, 5.41) is 26.5. The van der Waals surface area contributed by atoms with Crippen LogP contribution >= 0.6 is 0 Å². The molecule has 7 N–H and O–H groups in total. The number of likely N-dealkylation sites (N-methyl/N-ethyl adjacent to an activating group) is 1. The summed E-state index contributed by atoms with van der Waals surface area (Å²) in [7, 11) is 1.43. The third kappa shape index (κ3) is 8.67. The number of carbonyl (C=O) groups is 4. The largest absolute Gasteiger partial charge is 0.508 e. The zero-order valence-corrected chi connectivity index (χ0v) is 21.0. The molecule has 0 spiro atoms. The number of phenols is 1. The van der Waals surface area contributed by atoms with Gasteiger partial charge in [-0.25, -0.2) is 0 Å². The predicted molar refractivity (Wildman–Crippen MR) is 137 cm³/mol. The summed E-state index contributed by atoms with van der Waals surface area (Å²) in [6, 6.07) is 13.5. The molecule has 0 fully saturated rings. The highest BCUT2D eigenvalue weighted by molar-refractivity contribution is 5.92. The maximum absolute atomic E-state index is 12.9. The van der Waals surface area contributed by atoms with Gasteiger partial charge < -0.3 is 31.5 Å². The van der Waals surface area contributed by atoms with E-state index in [9.17, 15) is 29.4 Å². The molecule has 0 unspecified atom stereocenters. The minimum Gasteiger partial charge on any atom is -0.508 e. The summed E-state index contributed by atoms with van der Waals surface area (Å²) < 4.78 is 0. The number of aliphatic hydroxyl groups excluding tert-OH is 1. The highest BCUT2D eigenvalue weighted by Gasteiger charge is 2.37. The van der Waals surface area contributed by atoms with Crippen molar-refractivity contribution in [2.75, 3.05) is 26.7 Å². The molecule has 0 aromatic heterocycles. The first-order valence-electron chi connectivity index (χ1n) is 11.9. The first-order chi connectivity index (χ1) is 17.6. The number of aliphatic hydroxyl groups is 1. The van der Waals surface area contributed by atoms with Gasteiger partial charge in [-0.05, 0) is 36.6 Å². The first kappa shape index (κ1) is 29.4. The molecule has 0 radical (unpaired) electrons. The average Bonchev–Trinajstić information content (AvgIpc) is 2.90. The SMILES string of the molecule is C[C@@H](NC(=O)[C@@H](N)Cc1ccc(O)cc1)C(=O)NCC(=O)N(C)[C@](C=O)(Cc1ccccc1)NCCO. The van der Waals surface area contributed by atoms with Crippen LogP contribution in [0.5, 0.6) is 5.75 Å². The van der Waals surface area contributed by atoms with E-state index in [4.69, 9.17) is 5.73 Å². The van der Waals surface area contributed by atoms with Crippen LogP contribution in [0.2, 0.25) is 0 Å². The number of amides is 3. The number of phenolic OH excluding ortho intramolecular Hbond substituents is 1. The van der Waals surface area contributed by atoms with Gasteiger partial charge in [0.15, 0.2) is 11.9 Å². The fourth-order valence-corrected chi connectivity index (χ4v) is 3.66. The Morgan fingerprint density at radius 1 is 1.05 bits per heavy atom. The third-order valence-corrected chi connectivity index (χ3v) is 5.92. The van der Waals surface area contributed by atoms with E-state index in [2.05, 4.69) is 16.0 Å². The lowest BCUT2D eigenvalue weighted by Crippen LogP contribution is -2.64. The summed E-state index contributed by atoms with van der Waals surface area (Å²) in [6.07, 6.45) is 0.965. The summed E-state index contributed by atoms with van der Waals surface area (Å²) >= 11 is 0. The van der Waals surface area contributed by atoms with Gasteiger partial charge in [0.05, 0.1) is 19.2 Å². The Labute approximate surface area is 216 Å². The van der Waals surface area contributed by atoms with E-state index in [1.54, 1.807) is 12.1 Å². The first-order valence-corrected chi connectivity index (χ1v) is 11.9. The summed E-state index contributed by atoms with van der Waals surface area (Å²) in [5.41, 5.74) is 6.04. The average molecular weight is 514 g/mol. The molecule has 0 saturated heterocycles. The van der Waals surface area contributed by atoms with E-state index < -0.39 is 42.0 Å². The minimum atomic E-state index is -1.44. The smallest absolute Gasteiger partial charge is 0.243 e. The maximum Gasteiger partial charge on any atom is 0.243 e. The van der Waals surface area contributed by atoms with Gasteiger partial charge in [-0.2, -0.15) is 0 Å². The van der Waals surface area contributed by atoms with E-state index in [0.29, 0.717) is 6.29 Å². The molecular weight excluding hydrogens is 478 g/mol. The number of hydrogen-bond acceptors (Lipinski definition) is 8. The van der Waals surface area contributed by atoms with Crippen molar-refractivity contribution < 1.29 is 29.4 Å². The van der Waals surface area contributed by atoms with Crippen LogP contribution in [-0.2, 0) is 32.0 Å². The Bertz CT molecular complexity index is 1050. The molecule has 2 aromatic carbocycles. The van der Waals surface area contributed by atoms with Crippen molar-refractivity contribution in [2.45, 2.75) is 37.5 Å². The van der Waals surface area contributed by atoms with E-state index in [-0.39, 0.29) is 31.7 Å². The fourth-order valence-electron chi connectivity index (χ4n) is 3.66. The lowest BCUT2D eigenvalue weighted by Gasteiger charge is -2.38. The number of carbonyl (C=O) groups excluding carboxylic acids is 4. The molecule has 2 rings (SSSR count). The molecule has 0 bridgehead atoms. The molecule has 0 aliphatic heterocycles. The molecule has 11 heteroatoms. The van der Waals surface area contributed by atoms with Crippen molar-refractivity contribution in [1.82, 2.24) is 20.9 Å². The zero-order chi connectivity index (χ0) is 27.4. The van der Waals surface area contributed by atoms with Crippen LogP contribution in [0.25, 0.3) is 0 Å². The van der Waals surface area contributed by atoms with Crippen LogP contribution in [0.3, 0.4) is 0 Å². The molecular formula is C26H35N5O6. The number of aromatic hydroxyl groups is 1. The van der Waals surface area contributed by atoms with Crippen molar-refractivity contribution in [1.29, 1.82) is 0 Å². The summed E-state index contributed by atoms with van der Waals surface area (Å²) in [5.74, 6) is -1.60. The maximum atomic E-state index is 12.9. The Morgan fingerprint density at radius 3 is 2.30 bits per heavy atom. The Kier molecular flexibility index (Phi) is 11.2. The van der Waals surface area contributed by atoms with E-state index in [0.717, 1.165) is 11.1 Å². The van der Waals surface area contributed by atoms with Crippen LogP contribution in [0.15, 0.2) is 54.6 Å². The van der Waals surface area contributed by atoms with Gasteiger partial charge >= 0.3 is 0 Å². The van der Waals surface area contributed by atoms with Gasteiger partial charge in [0.1, 0.15) is 11.8 Å². The second-order valence-corrected chi connectivity index (χ2v) is 8.73. The summed E-state index contributed by atoms with van der Waals surface area (Å²) in [6.45, 7) is 0.876. The van der Waals surface area contributed by atoms with Crippen molar-refractivity contribution in [3.63, 3.8) is 0 Å². The minimum absolute atomic E-state index is 0.0724. The molecule has 0 saturated carbocycles. The quantitative estimate of drug-likeness (QED) is 0.139. The van der Waals surface area contributed by atoms with Crippen molar-refractivity contribution in [2.24, 2.45) is 5.73 Å². The highest BCUT2D eigenvalue weighted by Crippen LogP contribution is 2.16. The van der Waals surface area contributed by atoms with Gasteiger partial charge in [0.2, 0.25) is 17.7 Å². The molecule has 3 atom stereocenters. The van der Waals surface area contributed by atoms with E-state index in [1.165, 1.54) is 31.0 Å². The van der Waals surface area contributed by atoms with Crippen LogP contribution in [0.1, 0.15) is 18.1 Å². The monoisotopic (exact) mass is 513 g/mol. The lowest BCUT2D eigenvalue weighted by atomic mass is 9.98. The standard InChI is InChI=1S/C26H35N5O6/c1-18(30-25(37)22(27)14-19-8-10-21(34)11-9-19)24(36)28-16-23(35)31(2)26(17-33,29-12-13-32)15-20-6-4-3-5-7-20/h3-11,17-18,22,29,32,34H,12-16,27H2,1-2H3,(H,28,36)(H,30,37)/t18-,22+,26+/m1/s1. The lowest BCUT2D eigenvalue weighted by molar-refractivity contribution is -0.142. The van der Waals surface area contributed by atoms with Crippen LogP contribution in [-0.4, -0.2) is 83.6 Å². The number of nitrogens with zero attached hydrogens (tertiary/aromatic N) is 1. The molecule has 0 heterocycles. The number of rotatable bonds is 14. The number of benzene rings is 2. The normalized spacial score (nSPS) is 14.1. The summed E-state index contributed by atoms with van der Waals surface area (Å²) in [4.78, 5) is 51.2. The number of nitrogens with two attached hydrogens (primary N) is 1. The second kappa shape index (κ2) is 14.1. The Balaban J connectivity index is 1.94. The Morgan fingerprint density at radius 2 is 1.70 bits per heavy atom. The zero-order valence-electron chi connectivity index (χ0n) is 21.0. The van der Waals surface area contributed by atoms with E-state index >= 15 is 0 Å². The molecule has 0 aliphatic rings. The van der Waals surface area contributed by atoms with Crippen LogP contribution in [0.4, 0.5) is 0 Å². The van der Waals surface area contributed by atoms with Gasteiger partial charge in [-0.1, -0.05) is 42.5 Å².